The molecular formula is C14H26N6O. The maximum Gasteiger partial charge on any atom is 0.323 e. The third-order valence-corrected chi connectivity index (χ3v) is 3.55. The van der Waals surface area contributed by atoms with Gasteiger partial charge in [-0.25, -0.2) is 0 Å². The van der Waals surface area contributed by atoms with Crippen LogP contribution in [0.5, 0.6) is 6.01 Å². The van der Waals surface area contributed by atoms with Crippen LogP contribution in [0.1, 0.15) is 26.2 Å². The third-order valence-electron chi connectivity index (χ3n) is 3.55. The molecule has 7 nitrogen and oxygen atoms in total. The zero-order valence-electron chi connectivity index (χ0n) is 13.3. The fourth-order valence-corrected chi connectivity index (χ4v) is 2.28. The number of aromatic nitrogens is 3. The lowest BCUT2D eigenvalue weighted by atomic mass is 10.4. The monoisotopic (exact) mass is 294 g/mol. The first-order chi connectivity index (χ1) is 10.2. The Kier molecular flexibility index (Phi) is 5.98. The van der Waals surface area contributed by atoms with Gasteiger partial charge in [-0.05, 0) is 32.4 Å². The Labute approximate surface area is 126 Å². The SMILES string of the molecule is CCCOc1nc(NC)nc(N(C)CCN2CCCC2)n1. The third kappa shape index (κ3) is 4.70. The average molecular weight is 294 g/mol. The fourth-order valence-electron chi connectivity index (χ4n) is 2.28. The molecule has 1 aromatic heterocycles. The topological polar surface area (TPSA) is 66.4 Å². The Hall–Kier alpha value is -1.63. The van der Waals surface area contributed by atoms with Gasteiger partial charge in [-0.2, -0.15) is 15.0 Å². The number of likely N-dealkylation sites (N-methyl/N-ethyl adjacent to an activating group) is 1. The Morgan fingerprint density at radius 3 is 2.67 bits per heavy atom. The van der Waals surface area contributed by atoms with Gasteiger partial charge < -0.3 is 19.9 Å². The predicted octanol–water partition coefficient (Wildman–Crippen LogP) is 1.23. The molecule has 0 radical (unpaired) electrons. The minimum atomic E-state index is 0.388. The number of anilines is 2. The molecule has 0 spiro atoms. The van der Waals surface area contributed by atoms with Gasteiger partial charge in [0.2, 0.25) is 11.9 Å². The van der Waals surface area contributed by atoms with Crippen molar-refractivity contribution in [1.29, 1.82) is 0 Å². The van der Waals surface area contributed by atoms with E-state index in [1.807, 2.05) is 7.05 Å². The molecule has 0 amide bonds. The predicted molar refractivity (Wildman–Crippen MR) is 84.1 cm³/mol. The van der Waals surface area contributed by atoms with Crippen LogP contribution in [0.3, 0.4) is 0 Å². The smallest absolute Gasteiger partial charge is 0.323 e. The molecule has 1 saturated heterocycles. The number of likely N-dealkylation sites (tertiary alicyclic amines) is 1. The molecule has 7 heteroatoms. The summed E-state index contributed by atoms with van der Waals surface area (Å²) in [5.74, 6) is 1.19. The molecule has 1 fully saturated rings. The van der Waals surface area contributed by atoms with Crippen LogP contribution < -0.4 is 15.0 Å². The highest BCUT2D eigenvalue weighted by Crippen LogP contribution is 2.14. The molecule has 2 rings (SSSR count). The molecule has 0 aliphatic carbocycles. The molecular weight excluding hydrogens is 268 g/mol. The van der Waals surface area contributed by atoms with Crippen LogP contribution in [0.15, 0.2) is 0 Å². The largest absolute Gasteiger partial charge is 0.463 e. The van der Waals surface area contributed by atoms with E-state index in [0.717, 1.165) is 19.5 Å². The molecule has 1 aliphatic rings. The summed E-state index contributed by atoms with van der Waals surface area (Å²) in [5, 5.41) is 2.96. The van der Waals surface area contributed by atoms with Crippen LogP contribution in [0.2, 0.25) is 0 Å². The van der Waals surface area contributed by atoms with Gasteiger partial charge in [0.25, 0.3) is 0 Å². The van der Waals surface area contributed by atoms with Crippen molar-refractivity contribution in [3.05, 3.63) is 0 Å². The molecule has 118 valence electrons. The first-order valence-electron chi connectivity index (χ1n) is 7.73. The lowest BCUT2D eigenvalue weighted by Gasteiger charge is -2.21. The highest BCUT2D eigenvalue weighted by molar-refractivity contribution is 5.37. The van der Waals surface area contributed by atoms with E-state index in [1.165, 1.54) is 25.9 Å². The van der Waals surface area contributed by atoms with E-state index in [9.17, 15) is 0 Å². The van der Waals surface area contributed by atoms with Crippen LogP contribution in [0, 0.1) is 0 Å². The molecule has 0 saturated carbocycles. The number of rotatable bonds is 8. The van der Waals surface area contributed by atoms with E-state index in [0.29, 0.717) is 24.5 Å². The quantitative estimate of drug-likeness (QED) is 0.773. The molecule has 21 heavy (non-hydrogen) atoms. The molecule has 0 atom stereocenters. The first kappa shape index (κ1) is 15.8. The summed E-state index contributed by atoms with van der Waals surface area (Å²) in [6.45, 7) is 7.03. The van der Waals surface area contributed by atoms with Gasteiger partial charge in [0.05, 0.1) is 6.61 Å². The van der Waals surface area contributed by atoms with Crippen molar-refractivity contribution in [2.24, 2.45) is 0 Å². The minimum Gasteiger partial charge on any atom is -0.463 e. The molecule has 1 aliphatic heterocycles. The molecule has 1 N–H and O–H groups in total. The normalized spacial score (nSPS) is 15.2. The second kappa shape index (κ2) is 7.97. The highest BCUT2D eigenvalue weighted by atomic mass is 16.5. The van der Waals surface area contributed by atoms with Crippen molar-refractivity contribution < 1.29 is 4.74 Å². The molecule has 1 aromatic rings. The Morgan fingerprint density at radius 2 is 2.00 bits per heavy atom. The fraction of sp³-hybridized carbons (Fsp3) is 0.786. The van der Waals surface area contributed by atoms with E-state index < -0.39 is 0 Å². The van der Waals surface area contributed by atoms with Gasteiger partial charge in [0.15, 0.2) is 0 Å². The number of nitrogens with zero attached hydrogens (tertiary/aromatic N) is 5. The molecule has 0 unspecified atom stereocenters. The number of hydrogen-bond donors (Lipinski definition) is 1. The second-order valence-electron chi connectivity index (χ2n) is 5.31. The number of hydrogen-bond acceptors (Lipinski definition) is 7. The van der Waals surface area contributed by atoms with Crippen LogP contribution >= 0.6 is 0 Å². The van der Waals surface area contributed by atoms with Gasteiger partial charge in [0.1, 0.15) is 0 Å². The number of ether oxygens (including phenoxy) is 1. The van der Waals surface area contributed by atoms with E-state index in [2.05, 4.69) is 37.0 Å². The van der Waals surface area contributed by atoms with E-state index >= 15 is 0 Å². The molecule has 0 bridgehead atoms. The molecule has 2 heterocycles. The van der Waals surface area contributed by atoms with Crippen LogP contribution in [-0.2, 0) is 0 Å². The summed E-state index contributed by atoms with van der Waals surface area (Å²) < 4.78 is 5.53. The zero-order chi connectivity index (χ0) is 15.1. The number of nitrogens with one attached hydrogen (secondary N) is 1. The highest BCUT2D eigenvalue weighted by Gasteiger charge is 2.14. The zero-order valence-corrected chi connectivity index (χ0v) is 13.3. The van der Waals surface area contributed by atoms with Gasteiger partial charge in [0, 0.05) is 27.2 Å². The van der Waals surface area contributed by atoms with Crippen molar-refractivity contribution in [2.45, 2.75) is 26.2 Å². The average Bonchev–Trinajstić information content (AvgIpc) is 3.03. The van der Waals surface area contributed by atoms with Crippen LogP contribution in [-0.4, -0.2) is 66.7 Å². The Morgan fingerprint density at radius 1 is 1.24 bits per heavy atom. The van der Waals surface area contributed by atoms with Gasteiger partial charge in [-0.1, -0.05) is 6.92 Å². The molecule has 0 aromatic carbocycles. The van der Waals surface area contributed by atoms with E-state index in [4.69, 9.17) is 4.74 Å². The van der Waals surface area contributed by atoms with Gasteiger partial charge in [-0.15, -0.1) is 0 Å². The Bertz CT molecular complexity index is 435. The maximum atomic E-state index is 5.53. The van der Waals surface area contributed by atoms with Crippen LogP contribution in [0.25, 0.3) is 0 Å². The maximum absolute atomic E-state index is 5.53. The van der Waals surface area contributed by atoms with Gasteiger partial charge >= 0.3 is 6.01 Å². The summed E-state index contributed by atoms with van der Waals surface area (Å²) in [4.78, 5) is 17.5. The summed E-state index contributed by atoms with van der Waals surface area (Å²) in [6, 6.07) is 0.388. The summed E-state index contributed by atoms with van der Waals surface area (Å²) in [5.41, 5.74) is 0. The first-order valence-corrected chi connectivity index (χ1v) is 7.73. The Balaban J connectivity index is 1.98. The van der Waals surface area contributed by atoms with E-state index in [1.54, 1.807) is 7.05 Å². The van der Waals surface area contributed by atoms with E-state index in [-0.39, 0.29) is 0 Å². The van der Waals surface area contributed by atoms with Crippen molar-refractivity contribution in [2.75, 3.05) is 57.1 Å². The van der Waals surface area contributed by atoms with Crippen molar-refractivity contribution in [3.8, 4) is 6.01 Å². The second-order valence-corrected chi connectivity index (χ2v) is 5.31. The van der Waals surface area contributed by atoms with Crippen LogP contribution in [0.4, 0.5) is 11.9 Å². The minimum absolute atomic E-state index is 0.388. The van der Waals surface area contributed by atoms with Gasteiger partial charge in [-0.3, -0.25) is 0 Å². The van der Waals surface area contributed by atoms with Crippen molar-refractivity contribution >= 4 is 11.9 Å². The standard InChI is InChI=1S/C14H26N6O/c1-4-11-21-14-17-12(15-2)16-13(18-14)19(3)9-10-20-7-5-6-8-20/h4-11H2,1-3H3,(H,15,16,17,18). The summed E-state index contributed by atoms with van der Waals surface area (Å²) in [6.07, 6.45) is 3.56. The summed E-state index contributed by atoms with van der Waals surface area (Å²) >= 11 is 0. The summed E-state index contributed by atoms with van der Waals surface area (Å²) in [7, 11) is 3.81. The van der Waals surface area contributed by atoms with Crippen molar-refractivity contribution in [3.63, 3.8) is 0 Å². The van der Waals surface area contributed by atoms with Crippen molar-refractivity contribution in [1.82, 2.24) is 19.9 Å². The lowest BCUT2D eigenvalue weighted by molar-refractivity contribution is 0.291. The lowest BCUT2D eigenvalue weighted by Crippen LogP contribution is -2.32.